The van der Waals surface area contributed by atoms with Crippen LogP contribution in [-0.4, -0.2) is 5.91 Å². The monoisotopic (exact) mass is 330 g/mol. The van der Waals surface area contributed by atoms with Crippen LogP contribution in [0.4, 0.5) is 11.4 Å². The summed E-state index contributed by atoms with van der Waals surface area (Å²) in [4.78, 5) is 15.7. The first-order valence-electron chi connectivity index (χ1n) is 9.48. The van der Waals surface area contributed by atoms with Gasteiger partial charge in [0.15, 0.2) is 0 Å². The molecule has 1 saturated heterocycles. The SMILES string of the molecule is Cc1ccc([C@@]23Nc4ccccc4N2C(=O)[C@@H]2[C@H]4CC[C@H](C4)[C@@H]23)cc1. The average molecular weight is 330 g/mol. The van der Waals surface area contributed by atoms with Crippen molar-refractivity contribution >= 4 is 17.3 Å². The molecule has 4 aliphatic rings. The number of fused-ring (bicyclic) bond motifs is 9. The summed E-state index contributed by atoms with van der Waals surface area (Å²) in [6.45, 7) is 2.12. The van der Waals surface area contributed by atoms with Crippen molar-refractivity contribution in [3.8, 4) is 0 Å². The summed E-state index contributed by atoms with van der Waals surface area (Å²) >= 11 is 0. The van der Waals surface area contributed by atoms with Crippen LogP contribution in [0.25, 0.3) is 0 Å². The molecule has 2 saturated carbocycles. The molecule has 2 heterocycles. The molecule has 5 atom stereocenters. The topological polar surface area (TPSA) is 32.3 Å². The second kappa shape index (κ2) is 4.46. The van der Waals surface area contributed by atoms with Gasteiger partial charge in [-0.1, -0.05) is 42.0 Å². The number of carbonyl (C=O) groups excluding carboxylic acids is 1. The Balaban J connectivity index is 1.62. The van der Waals surface area contributed by atoms with Crippen molar-refractivity contribution in [1.82, 2.24) is 0 Å². The molecule has 2 aliphatic carbocycles. The van der Waals surface area contributed by atoms with Crippen LogP contribution in [0.2, 0.25) is 0 Å². The molecule has 126 valence electrons. The van der Waals surface area contributed by atoms with E-state index in [4.69, 9.17) is 0 Å². The van der Waals surface area contributed by atoms with Gasteiger partial charge in [0.1, 0.15) is 5.66 Å². The molecule has 6 rings (SSSR count). The molecule has 25 heavy (non-hydrogen) atoms. The Kier molecular flexibility index (Phi) is 2.48. The summed E-state index contributed by atoms with van der Waals surface area (Å²) in [6.07, 6.45) is 3.75. The zero-order valence-electron chi connectivity index (χ0n) is 14.4. The molecule has 1 amide bonds. The van der Waals surface area contributed by atoms with E-state index >= 15 is 0 Å². The Morgan fingerprint density at radius 1 is 1.04 bits per heavy atom. The van der Waals surface area contributed by atoms with Gasteiger partial charge in [-0.3, -0.25) is 9.69 Å². The zero-order chi connectivity index (χ0) is 16.8. The number of nitrogens with zero attached hydrogens (tertiary/aromatic N) is 1. The quantitative estimate of drug-likeness (QED) is 0.846. The van der Waals surface area contributed by atoms with Crippen molar-refractivity contribution in [2.24, 2.45) is 23.7 Å². The van der Waals surface area contributed by atoms with Crippen molar-refractivity contribution in [3.05, 3.63) is 59.7 Å². The maximum Gasteiger partial charge on any atom is 0.233 e. The van der Waals surface area contributed by atoms with E-state index in [1.54, 1.807) is 0 Å². The zero-order valence-corrected chi connectivity index (χ0v) is 14.4. The number of carbonyl (C=O) groups is 1. The minimum Gasteiger partial charge on any atom is -0.357 e. The third kappa shape index (κ3) is 1.51. The number of hydrogen-bond donors (Lipinski definition) is 1. The lowest BCUT2D eigenvalue weighted by atomic mass is 9.73. The third-order valence-electron chi connectivity index (χ3n) is 7.22. The molecule has 0 radical (unpaired) electrons. The smallest absolute Gasteiger partial charge is 0.233 e. The average Bonchev–Trinajstić information content (AvgIpc) is 3.35. The summed E-state index contributed by atoms with van der Waals surface area (Å²) in [5.74, 6) is 2.17. The number of rotatable bonds is 1. The van der Waals surface area contributed by atoms with Crippen molar-refractivity contribution in [2.45, 2.75) is 31.8 Å². The number of amides is 1. The van der Waals surface area contributed by atoms with Crippen molar-refractivity contribution in [1.29, 1.82) is 0 Å². The Labute approximate surface area is 148 Å². The van der Waals surface area contributed by atoms with Gasteiger partial charge in [-0.2, -0.15) is 0 Å². The summed E-state index contributed by atoms with van der Waals surface area (Å²) in [7, 11) is 0. The fraction of sp³-hybridized carbons (Fsp3) is 0.409. The van der Waals surface area contributed by atoms with Crippen LogP contribution >= 0.6 is 0 Å². The first-order valence-corrected chi connectivity index (χ1v) is 9.48. The van der Waals surface area contributed by atoms with Gasteiger partial charge in [0, 0.05) is 11.8 Å². The van der Waals surface area contributed by atoms with Gasteiger partial charge >= 0.3 is 0 Å². The Morgan fingerprint density at radius 3 is 2.64 bits per heavy atom. The molecule has 3 fully saturated rings. The van der Waals surface area contributed by atoms with Crippen LogP contribution in [0.3, 0.4) is 0 Å². The fourth-order valence-corrected chi connectivity index (χ4v) is 6.35. The van der Waals surface area contributed by atoms with Crippen molar-refractivity contribution < 1.29 is 4.79 Å². The molecular weight excluding hydrogens is 308 g/mol. The molecule has 2 bridgehead atoms. The number of anilines is 2. The minimum atomic E-state index is -0.390. The van der Waals surface area contributed by atoms with Crippen LogP contribution in [0.5, 0.6) is 0 Å². The largest absolute Gasteiger partial charge is 0.357 e. The van der Waals surface area contributed by atoms with E-state index in [0.717, 1.165) is 11.4 Å². The number of hydrogen-bond acceptors (Lipinski definition) is 2. The summed E-state index contributed by atoms with van der Waals surface area (Å²) in [6, 6.07) is 17.1. The van der Waals surface area contributed by atoms with Gasteiger partial charge in [-0.15, -0.1) is 0 Å². The molecule has 3 nitrogen and oxygen atoms in total. The number of nitrogens with one attached hydrogen (secondary N) is 1. The summed E-state index contributed by atoms with van der Waals surface area (Å²) in [5.41, 5.74) is 4.26. The first-order chi connectivity index (χ1) is 12.2. The fourth-order valence-electron chi connectivity index (χ4n) is 6.35. The molecule has 2 aliphatic heterocycles. The van der Waals surface area contributed by atoms with Gasteiger partial charge in [-0.25, -0.2) is 0 Å². The highest BCUT2D eigenvalue weighted by molar-refractivity contribution is 6.06. The Hall–Kier alpha value is -2.29. The van der Waals surface area contributed by atoms with E-state index in [2.05, 4.69) is 59.6 Å². The second-order valence-corrected chi connectivity index (χ2v) is 8.33. The van der Waals surface area contributed by atoms with E-state index in [0.29, 0.717) is 23.7 Å². The van der Waals surface area contributed by atoms with Gasteiger partial charge in [0.05, 0.1) is 11.4 Å². The maximum absolute atomic E-state index is 13.6. The van der Waals surface area contributed by atoms with Crippen LogP contribution in [-0.2, 0) is 10.5 Å². The molecule has 1 N–H and O–H groups in total. The molecule has 0 spiro atoms. The van der Waals surface area contributed by atoms with Crippen molar-refractivity contribution in [3.63, 3.8) is 0 Å². The van der Waals surface area contributed by atoms with E-state index in [9.17, 15) is 4.79 Å². The molecule has 3 heteroatoms. The predicted octanol–water partition coefficient (Wildman–Crippen LogP) is 4.28. The maximum atomic E-state index is 13.6. The van der Waals surface area contributed by atoms with E-state index < -0.39 is 0 Å². The van der Waals surface area contributed by atoms with Crippen LogP contribution in [0.15, 0.2) is 48.5 Å². The highest BCUT2D eigenvalue weighted by Gasteiger charge is 2.70. The Morgan fingerprint density at radius 2 is 1.80 bits per heavy atom. The lowest BCUT2D eigenvalue weighted by Gasteiger charge is -2.40. The summed E-state index contributed by atoms with van der Waals surface area (Å²) < 4.78 is 0. The predicted molar refractivity (Wildman–Crippen MR) is 98.2 cm³/mol. The lowest BCUT2D eigenvalue weighted by Crippen LogP contribution is -2.50. The van der Waals surface area contributed by atoms with Crippen molar-refractivity contribution in [2.75, 3.05) is 10.2 Å². The molecule has 2 aromatic rings. The molecular formula is C22H22N2O. The molecule has 0 unspecified atom stereocenters. The van der Waals surface area contributed by atoms with Crippen LogP contribution in [0, 0.1) is 30.6 Å². The number of para-hydroxylation sites is 2. The number of benzene rings is 2. The first kappa shape index (κ1) is 13.9. The third-order valence-corrected chi connectivity index (χ3v) is 7.22. The lowest BCUT2D eigenvalue weighted by molar-refractivity contribution is -0.122. The number of aryl methyl sites for hydroxylation is 1. The second-order valence-electron chi connectivity index (χ2n) is 8.33. The van der Waals surface area contributed by atoms with E-state index in [1.807, 2.05) is 6.07 Å². The van der Waals surface area contributed by atoms with Crippen LogP contribution < -0.4 is 10.2 Å². The van der Waals surface area contributed by atoms with Gasteiger partial charge in [0.25, 0.3) is 0 Å². The molecule has 2 aromatic carbocycles. The normalized spacial score (nSPS) is 37.0. The highest BCUT2D eigenvalue weighted by Crippen LogP contribution is 2.67. The van der Waals surface area contributed by atoms with E-state index in [1.165, 1.54) is 30.4 Å². The van der Waals surface area contributed by atoms with Crippen LogP contribution in [0.1, 0.15) is 30.4 Å². The van der Waals surface area contributed by atoms with Gasteiger partial charge in [0.2, 0.25) is 5.91 Å². The summed E-state index contributed by atoms with van der Waals surface area (Å²) in [5, 5.41) is 3.84. The van der Waals surface area contributed by atoms with E-state index in [-0.39, 0.29) is 11.6 Å². The van der Waals surface area contributed by atoms with Gasteiger partial charge < -0.3 is 5.32 Å². The highest BCUT2D eigenvalue weighted by atomic mass is 16.2. The standard InChI is InChI=1S/C22H22N2O/c1-13-6-10-16(11-7-13)22-20-15-9-8-14(12-15)19(20)21(25)24(22)18-5-3-2-4-17(18)23-22/h2-7,10-11,14-15,19-20,23H,8-9,12H2,1H3/t14-,15+,19+,20-,22+/m0/s1. The molecule has 0 aromatic heterocycles. The van der Waals surface area contributed by atoms with Gasteiger partial charge in [-0.05, 0) is 55.7 Å². The Bertz CT molecular complexity index is 889. The minimum absolute atomic E-state index is 0.195.